The first-order valence-electron chi connectivity index (χ1n) is 11.9. The molecule has 0 amide bonds. The largest absolute Gasteiger partial charge is 0.354 e. The highest BCUT2D eigenvalue weighted by molar-refractivity contribution is 7.99. The fraction of sp³-hybridized carbons (Fsp3) is 0.739. The summed E-state index contributed by atoms with van der Waals surface area (Å²) in [6, 6.07) is 1.45. The van der Waals surface area contributed by atoms with Crippen LogP contribution >= 0.6 is 11.8 Å². The second kappa shape index (κ2) is 10.2. The van der Waals surface area contributed by atoms with Crippen molar-refractivity contribution in [3.63, 3.8) is 0 Å². The van der Waals surface area contributed by atoms with Crippen molar-refractivity contribution in [1.82, 2.24) is 29.6 Å². The number of thioether (sulfide) groups is 1. The predicted molar refractivity (Wildman–Crippen MR) is 127 cm³/mol. The lowest BCUT2D eigenvalue weighted by molar-refractivity contribution is 0.145. The molecule has 2 aromatic rings. The van der Waals surface area contributed by atoms with E-state index in [4.69, 9.17) is 0 Å². The van der Waals surface area contributed by atoms with Gasteiger partial charge in [-0.3, -0.25) is 4.90 Å². The molecule has 1 saturated carbocycles. The molecule has 10 heteroatoms. The van der Waals surface area contributed by atoms with Gasteiger partial charge in [-0.05, 0) is 25.8 Å². The summed E-state index contributed by atoms with van der Waals surface area (Å²) < 4.78 is 29.0. The third-order valence-electron chi connectivity index (χ3n) is 6.51. The van der Waals surface area contributed by atoms with Gasteiger partial charge in [0.2, 0.25) is 0 Å². The van der Waals surface area contributed by atoms with Crippen LogP contribution < -0.4 is 4.90 Å². The minimum absolute atomic E-state index is 0.186. The zero-order valence-electron chi connectivity index (χ0n) is 20.1. The Morgan fingerprint density at radius 3 is 2.42 bits per heavy atom. The molecule has 0 spiro atoms. The van der Waals surface area contributed by atoms with Gasteiger partial charge >= 0.3 is 0 Å². The maximum absolute atomic E-state index is 13.4. The van der Waals surface area contributed by atoms with Crippen LogP contribution in [0, 0.1) is 0 Å². The van der Waals surface area contributed by atoms with Crippen LogP contribution in [0.25, 0.3) is 0 Å². The number of alkyl halides is 2. The Morgan fingerprint density at radius 1 is 1.09 bits per heavy atom. The number of rotatable bonds is 8. The third-order valence-corrected chi connectivity index (χ3v) is 7.62. The zero-order chi connectivity index (χ0) is 23.6. The molecule has 2 aliphatic rings. The first-order chi connectivity index (χ1) is 15.7. The van der Waals surface area contributed by atoms with Crippen LogP contribution in [-0.2, 0) is 12.5 Å². The zero-order valence-corrected chi connectivity index (χ0v) is 20.9. The fourth-order valence-electron chi connectivity index (χ4n) is 4.19. The van der Waals surface area contributed by atoms with E-state index < -0.39 is 6.43 Å². The Bertz CT molecular complexity index is 931. The van der Waals surface area contributed by atoms with Gasteiger partial charge in [0.1, 0.15) is 23.2 Å². The van der Waals surface area contributed by atoms with E-state index in [0.29, 0.717) is 17.6 Å². The Hall–Kier alpha value is -1.81. The van der Waals surface area contributed by atoms with E-state index in [2.05, 4.69) is 41.6 Å². The lowest BCUT2D eigenvalue weighted by Crippen LogP contribution is -2.47. The van der Waals surface area contributed by atoms with Crippen molar-refractivity contribution in [1.29, 1.82) is 0 Å². The molecule has 0 radical (unpaired) electrons. The molecule has 2 fully saturated rings. The van der Waals surface area contributed by atoms with Crippen LogP contribution in [0.1, 0.15) is 76.1 Å². The van der Waals surface area contributed by atoms with E-state index in [1.807, 2.05) is 20.8 Å². The van der Waals surface area contributed by atoms with Crippen molar-refractivity contribution in [3.8, 4) is 0 Å². The van der Waals surface area contributed by atoms with Crippen LogP contribution in [0.3, 0.4) is 0 Å². The predicted octanol–water partition coefficient (Wildman–Crippen LogP) is 4.41. The van der Waals surface area contributed by atoms with Crippen LogP contribution in [0.4, 0.5) is 14.6 Å². The molecule has 0 bridgehead atoms. The summed E-state index contributed by atoms with van der Waals surface area (Å²) in [7, 11) is 2.08. The molecular weight excluding hydrogens is 444 g/mol. The van der Waals surface area contributed by atoms with E-state index in [1.54, 1.807) is 11.8 Å². The SMILES string of the molecule is Cn1c(SCCCN2CCN(c3cc(C(F)F)nc(C(C)(C)C)n3)CC2)nnc1C1CCC1. The minimum Gasteiger partial charge on any atom is -0.354 e. The van der Waals surface area contributed by atoms with Crippen molar-refractivity contribution < 1.29 is 8.78 Å². The molecule has 0 unspecified atom stereocenters. The molecule has 0 aromatic carbocycles. The van der Waals surface area contributed by atoms with Crippen molar-refractivity contribution in [2.24, 2.45) is 7.05 Å². The highest BCUT2D eigenvalue weighted by atomic mass is 32.2. The molecule has 182 valence electrons. The number of nitrogens with zero attached hydrogens (tertiary/aromatic N) is 7. The maximum atomic E-state index is 13.4. The Kier molecular flexibility index (Phi) is 7.53. The Labute approximate surface area is 199 Å². The summed E-state index contributed by atoms with van der Waals surface area (Å²) >= 11 is 1.78. The first-order valence-corrected chi connectivity index (χ1v) is 12.9. The summed E-state index contributed by atoms with van der Waals surface area (Å²) in [5.74, 6) is 3.83. The highest BCUT2D eigenvalue weighted by Crippen LogP contribution is 2.36. The maximum Gasteiger partial charge on any atom is 0.280 e. The number of halogens is 2. The van der Waals surface area contributed by atoms with Gasteiger partial charge in [-0.15, -0.1) is 10.2 Å². The van der Waals surface area contributed by atoms with E-state index in [9.17, 15) is 8.78 Å². The summed E-state index contributed by atoms with van der Waals surface area (Å²) in [6.07, 6.45) is 2.26. The van der Waals surface area contributed by atoms with Gasteiger partial charge in [0.25, 0.3) is 6.43 Å². The van der Waals surface area contributed by atoms with Gasteiger partial charge in [0, 0.05) is 56.4 Å². The highest BCUT2D eigenvalue weighted by Gasteiger charge is 2.26. The molecule has 4 rings (SSSR count). The van der Waals surface area contributed by atoms with Gasteiger partial charge in [-0.25, -0.2) is 18.7 Å². The summed E-state index contributed by atoms with van der Waals surface area (Å²) in [6.45, 7) is 10.2. The molecule has 0 atom stereocenters. The average molecular weight is 480 g/mol. The van der Waals surface area contributed by atoms with Gasteiger partial charge in [-0.2, -0.15) is 0 Å². The normalized spacial score (nSPS) is 18.2. The third kappa shape index (κ3) is 5.82. The van der Waals surface area contributed by atoms with Crippen molar-refractivity contribution in [2.45, 2.75) is 69.4 Å². The molecule has 33 heavy (non-hydrogen) atoms. The van der Waals surface area contributed by atoms with Crippen LogP contribution in [0.5, 0.6) is 0 Å². The number of aromatic nitrogens is 5. The average Bonchev–Trinajstić information content (AvgIpc) is 3.09. The number of hydrogen-bond donors (Lipinski definition) is 0. The lowest BCUT2D eigenvalue weighted by Gasteiger charge is -2.36. The monoisotopic (exact) mass is 479 g/mol. The molecule has 0 N–H and O–H groups in total. The summed E-state index contributed by atoms with van der Waals surface area (Å²) in [5, 5.41) is 9.79. The van der Waals surface area contributed by atoms with E-state index in [1.165, 1.54) is 25.3 Å². The number of hydrogen-bond acceptors (Lipinski definition) is 7. The quantitative estimate of drug-likeness (QED) is 0.410. The topological polar surface area (TPSA) is 63.0 Å². The van der Waals surface area contributed by atoms with Gasteiger partial charge in [-0.1, -0.05) is 39.0 Å². The van der Waals surface area contributed by atoms with Gasteiger partial charge in [0.15, 0.2) is 5.16 Å². The van der Waals surface area contributed by atoms with Crippen LogP contribution in [-0.4, -0.2) is 68.1 Å². The van der Waals surface area contributed by atoms with Crippen molar-refractivity contribution in [3.05, 3.63) is 23.4 Å². The first kappa shape index (κ1) is 24.3. The summed E-state index contributed by atoms with van der Waals surface area (Å²) in [4.78, 5) is 13.3. The molecule has 1 aliphatic heterocycles. The van der Waals surface area contributed by atoms with Crippen molar-refractivity contribution in [2.75, 3.05) is 43.4 Å². The summed E-state index contributed by atoms with van der Waals surface area (Å²) in [5.41, 5.74) is -0.561. The second-order valence-corrected chi connectivity index (χ2v) is 11.1. The fourth-order valence-corrected chi connectivity index (χ4v) is 5.03. The number of piperazine rings is 1. The lowest BCUT2D eigenvalue weighted by atomic mass is 9.85. The molecule has 1 saturated heterocycles. The molecular formula is C23H35F2N7S. The van der Waals surface area contributed by atoms with Gasteiger partial charge in [0.05, 0.1) is 0 Å². The molecule has 2 aromatic heterocycles. The molecule has 7 nitrogen and oxygen atoms in total. The Balaban J connectivity index is 1.25. The standard InChI is InChI=1S/C23H35F2N7S/c1-23(2,3)21-26-17(19(24)25)15-18(27-21)32-12-10-31(11-13-32)9-6-14-33-22-29-28-20(30(22)4)16-7-5-8-16/h15-16,19H,5-14H2,1-4H3. The van der Waals surface area contributed by atoms with Crippen LogP contribution in [0.15, 0.2) is 11.2 Å². The van der Waals surface area contributed by atoms with E-state index >= 15 is 0 Å². The van der Waals surface area contributed by atoms with E-state index in [-0.39, 0.29) is 11.1 Å². The Morgan fingerprint density at radius 2 is 1.82 bits per heavy atom. The number of anilines is 1. The smallest absolute Gasteiger partial charge is 0.280 e. The minimum atomic E-state index is -2.59. The second-order valence-electron chi connectivity index (χ2n) is 10.1. The van der Waals surface area contributed by atoms with Crippen LogP contribution in [0.2, 0.25) is 0 Å². The van der Waals surface area contributed by atoms with E-state index in [0.717, 1.165) is 55.9 Å². The van der Waals surface area contributed by atoms with Crippen molar-refractivity contribution >= 4 is 17.6 Å². The molecule has 3 heterocycles. The molecule has 1 aliphatic carbocycles. The van der Waals surface area contributed by atoms with Gasteiger partial charge < -0.3 is 9.47 Å².